The van der Waals surface area contributed by atoms with Crippen molar-refractivity contribution in [1.29, 1.82) is 0 Å². The molecule has 0 spiro atoms. The number of aromatic amines is 1. The molecule has 2 aromatic heterocycles. The Morgan fingerprint density at radius 3 is 1.44 bits per heavy atom. The van der Waals surface area contributed by atoms with E-state index >= 15 is 0 Å². The fourth-order valence-electron chi connectivity index (χ4n) is 8.32. The lowest BCUT2D eigenvalue weighted by atomic mass is 9.99. The van der Waals surface area contributed by atoms with Gasteiger partial charge in [0.25, 0.3) is 0 Å². The minimum absolute atomic E-state index is 1.18. The number of unbranched alkanes of at least 4 members (excludes halogenated alkanes) is 10. The third-order valence-electron chi connectivity index (χ3n) is 11.4. The van der Waals surface area contributed by atoms with E-state index in [1.54, 1.807) is 0 Å². The van der Waals surface area contributed by atoms with Gasteiger partial charge in [0.1, 0.15) is 0 Å². The van der Waals surface area contributed by atoms with Gasteiger partial charge in [-0.3, -0.25) is 0 Å². The van der Waals surface area contributed by atoms with Crippen LogP contribution in [-0.4, -0.2) is 4.98 Å². The predicted octanol–water partition coefficient (Wildman–Crippen LogP) is 16.0. The third-order valence-corrected chi connectivity index (χ3v) is 12.6. The lowest BCUT2D eigenvalue weighted by molar-refractivity contribution is 0.607. The molecule has 0 saturated carbocycles. The molecule has 1 nitrogen and oxygen atoms in total. The van der Waals surface area contributed by atoms with Crippen LogP contribution >= 0.6 is 11.3 Å². The second kappa shape index (κ2) is 16.1. The smallest absolute Gasteiger partial charge is 0.0545 e. The maximum Gasteiger partial charge on any atom is 0.0545 e. The molecule has 1 N–H and O–H groups in total. The summed E-state index contributed by atoms with van der Waals surface area (Å²) in [7, 11) is 0. The summed E-state index contributed by atoms with van der Waals surface area (Å²) in [6.45, 7) is 4.57. The Morgan fingerprint density at radius 2 is 0.846 bits per heavy atom. The summed E-state index contributed by atoms with van der Waals surface area (Å²) in [6, 6.07) is 41.9. The molecule has 0 saturated heterocycles. The summed E-state index contributed by atoms with van der Waals surface area (Å²) in [5, 5.41) is 7.93. The van der Waals surface area contributed by atoms with Gasteiger partial charge in [-0.05, 0) is 71.2 Å². The molecule has 0 amide bonds. The molecule has 2 heterocycles. The number of hydrogen-bond donors (Lipinski definition) is 1. The molecule has 8 rings (SSSR count). The van der Waals surface area contributed by atoms with E-state index in [0.717, 1.165) is 0 Å². The first kappa shape index (κ1) is 34.7. The Bertz CT molecular complexity index is 2250. The Morgan fingerprint density at radius 1 is 0.404 bits per heavy atom. The van der Waals surface area contributed by atoms with Crippen molar-refractivity contribution >= 4 is 64.1 Å². The minimum atomic E-state index is 1.18. The summed E-state index contributed by atoms with van der Waals surface area (Å²) in [5.74, 6) is 0. The molecule has 0 atom stereocenters. The van der Waals surface area contributed by atoms with E-state index in [0.29, 0.717) is 0 Å². The zero-order valence-electron chi connectivity index (χ0n) is 31.2. The molecular weight excluding hydrogens is 647 g/mol. The molecule has 2 heteroatoms. The van der Waals surface area contributed by atoms with Gasteiger partial charge in [0, 0.05) is 47.2 Å². The zero-order chi connectivity index (χ0) is 35.3. The Balaban J connectivity index is 1.02. The highest BCUT2D eigenvalue weighted by molar-refractivity contribution is 7.26. The first-order chi connectivity index (χ1) is 25.7. The first-order valence-corrected chi connectivity index (χ1v) is 21.0. The minimum Gasteiger partial charge on any atom is -0.354 e. The fourth-order valence-corrected chi connectivity index (χ4v) is 9.59. The average Bonchev–Trinajstić information content (AvgIpc) is 3.76. The monoisotopic (exact) mass is 699 g/mol. The SMILES string of the molecule is CCCCCCCCc1ccc(-c2ccc3c(c2)[nH]c2c3ccc3c2ccc2c4ccc(-c5ccc(CCCCCCCC)cc5)cc4sc23)cc1. The van der Waals surface area contributed by atoms with Crippen LogP contribution in [0.2, 0.25) is 0 Å². The predicted molar refractivity (Wildman–Crippen MR) is 231 cm³/mol. The Hall–Kier alpha value is -4.40. The third kappa shape index (κ3) is 7.28. The molecular formula is C50H53NS. The highest BCUT2D eigenvalue weighted by Crippen LogP contribution is 2.42. The van der Waals surface area contributed by atoms with Crippen LogP contribution in [0.5, 0.6) is 0 Å². The second-order valence-electron chi connectivity index (χ2n) is 15.2. The van der Waals surface area contributed by atoms with Gasteiger partial charge in [0.2, 0.25) is 0 Å². The summed E-state index contributed by atoms with van der Waals surface area (Å²) in [6.07, 6.45) is 18.5. The van der Waals surface area contributed by atoms with Crippen molar-refractivity contribution < 1.29 is 0 Å². The normalized spacial score (nSPS) is 12.0. The van der Waals surface area contributed by atoms with E-state index in [4.69, 9.17) is 0 Å². The van der Waals surface area contributed by atoms with Gasteiger partial charge in [-0.15, -0.1) is 11.3 Å². The van der Waals surface area contributed by atoms with Crippen LogP contribution in [0.15, 0.2) is 109 Å². The summed E-state index contributed by atoms with van der Waals surface area (Å²) < 4.78 is 2.73. The molecule has 264 valence electrons. The largest absolute Gasteiger partial charge is 0.354 e. The van der Waals surface area contributed by atoms with Gasteiger partial charge < -0.3 is 4.98 Å². The standard InChI is InChI=1S/C50H53NS/c1-3-5-7-9-11-13-15-35-17-21-37(22-18-35)39-25-27-41-43-29-32-46-44(49(43)51-47(41)33-39)30-31-45-42-28-26-40(34-48(42)52-50(45)46)38-23-19-36(20-24-38)16-14-12-10-8-6-4-2/h17-34,51H,3-16H2,1-2H3. The molecule has 6 aromatic carbocycles. The highest BCUT2D eigenvalue weighted by atomic mass is 32.1. The fraction of sp³-hybridized carbons (Fsp3) is 0.320. The second-order valence-corrected chi connectivity index (χ2v) is 16.2. The quantitative estimate of drug-likeness (QED) is 0.0967. The van der Waals surface area contributed by atoms with Gasteiger partial charge in [-0.2, -0.15) is 0 Å². The molecule has 0 fully saturated rings. The number of aryl methyl sites for hydroxylation is 2. The van der Waals surface area contributed by atoms with Gasteiger partial charge in [-0.1, -0.05) is 175 Å². The van der Waals surface area contributed by atoms with Crippen molar-refractivity contribution in [3.05, 3.63) is 120 Å². The van der Waals surface area contributed by atoms with Crippen molar-refractivity contribution in [1.82, 2.24) is 4.98 Å². The molecule has 0 aliphatic carbocycles. The van der Waals surface area contributed by atoms with E-state index < -0.39 is 0 Å². The van der Waals surface area contributed by atoms with E-state index in [-0.39, 0.29) is 0 Å². The van der Waals surface area contributed by atoms with Crippen molar-refractivity contribution in [3.8, 4) is 22.3 Å². The maximum atomic E-state index is 3.85. The number of rotatable bonds is 16. The summed E-state index contributed by atoms with van der Waals surface area (Å²) in [4.78, 5) is 3.85. The van der Waals surface area contributed by atoms with Gasteiger partial charge in [0.15, 0.2) is 0 Å². The average molecular weight is 700 g/mol. The molecule has 0 radical (unpaired) electrons. The number of benzene rings is 6. The van der Waals surface area contributed by atoms with Crippen LogP contribution in [-0.2, 0) is 12.8 Å². The van der Waals surface area contributed by atoms with Crippen LogP contribution in [0.4, 0.5) is 0 Å². The molecule has 52 heavy (non-hydrogen) atoms. The van der Waals surface area contributed by atoms with Crippen molar-refractivity contribution in [2.45, 2.75) is 104 Å². The van der Waals surface area contributed by atoms with Crippen LogP contribution in [0.1, 0.15) is 102 Å². The van der Waals surface area contributed by atoms with Gasteiger partial charge in [-0.25, -0.2) is 0 Å². The number of aromatic nitrogens is 1. The lowest BCUT2D eigenvalue weighted by Gasteiger charge is -2.06. The number of thiophene rings is 1. The van der Waals surface area contributed by atoms with Gasteiger partial charge >= 0.3 is 0 Å². The number of hydrogen-bond acceptors (Lipinski definition) is 1. The molecule has 0 unspecified atom stereocenters. The molecule has 0 aliphatic rings. The lowest BCUT2D eigenvalue weighted by Crippen LogP contribution is -1.87. The van der Waals surface area contributed by atoms with E-state index in [1.165, 1.54) is 176 Å². The Kier molecular flexibility index (Phi) is 10.7. The van der Waals surface area contributed by atoms with Crippen molar-refractivity contribution in [2.75, 3.05) is 0 Å². The number of fused-ring (bicyclic) bond motifs is 9. The van der Waals surface area contributed by atoms with Crippen LogP contribution in [0.25, 0.3) is 75.0 Å². The van der Waals surface area contributed by atoms with Gasteiger partial charge in [0.05, 0.1) is 5.52 Å². The summed E-state index contributed by atoms with van der Waals surface area (Å²) in [5.41, 5.74) is 10.5. The summed E-state index contributed by atoms with van der Waals surface area (Å²) >= 11 is 1.93. The Labute approximate surface area is 314 Å². The number of H-pyrrole nitrogens is 1. The van der Waals surface area contributed by atoms with E-state index in [2.05, 4.69) is 128 Å². The van der Waals surface area contributed by atoms with E-state index in [1.807, 2.05) is 11.3 Å². The molecule has 0 bridgehead atoms. The zero-order valence-corrected chi connectivity index (χ0v) is 32.0. The first-order valence-electron chi connectivity index (χ1n) is 20.2. The maximum absolute atomic E-state index is 3.85. The van der Waals surface area contributed by atoms with Crippen molar-refractivity contribution in [3.63, 3.8) is 0 Å². The van der Waals surface area contributed by atoms with Crippen molar-refractivity contribution in [2.24, 2.45) is 0 Å². The highest BCUT2D eigenvalue weighted by Gasteiger charge is 2.14. The van der Waals surface area contributed by atoms with Crippen LogP contribution < -0.4 is 0 Å². The topological polar surface area (TPSA) is 15.8 Å². The molecule has 8 aromatic rings. The molecule has 0 aliphatic heterocycles. The van der Waals surface area contributed by atoms with E-state index in [9.17, 15) is 0 Å². The van der Waals surface area contributed by atoms with Crippen LogP contribution in [0, 0.1) is 0 Å². The number of nitrogens with one attached hydrogen (secondary N) is 1. The van der Waals surface area contributed by atoms with Crippen LogP contribution in [0.3, 0.4) is 0 Å².